The molecule has 21 heavy (non-hydrogen) atoms. The fourth-order valence-corrected chi connectivity index (χ4v) is 3.04. The number of benzene rings is 1. The standard InChI is InChI=1S/C14H17FN2O3S/c1-14(2,3)13-16-12(17-20-13)9-21(18,19)8-10-6-4-5-7-11(10)15/h4-7H,8-9H2,1-3H3. The van der Waals surface area contributed by atoms with Gasteiger partial charge in [-0.25, -0.2) is 12.8 Å². The molecule has 0 spiro atoms. The number of sulfone groups is 1. The van der Waals surface area contributed by atoms with Crippen LogP contribution in [0.1, 0.15) is 38.0 Å². The molecule has 0 bridgehead atoms. The van der Waals surface area contributed by atoms with Gasteiger partial charge in [0.1, 0.15) is 11.6 Å². The lowest BCUT2D eigenvalue weighted by Gasteiger charge is -2.10. The van der Waals surface area contributed by atoms with Crippen molar-refractivity contribution in [2.24, 2.45) is 0 Å². The maximum atomic E-state index is 13.5. The lowest BCUT2D eigenvalue weighted by atomic mass is 9.97. The highest BCUT2D eigenvalue weighted by atomic mass is 32.2. The molecule has 1 heterocycles. The van der Waals surface area contributed by atoms with E-state index in [1.807, 2.05) is 20.8 Å². The molecule has 0 fully saturated rings. The molecular formula is C14H17FN2O3S. The molecule has 0 N–H and O–H groups in total. The highest BCUT2D eigenvalue weighted by molar-refractivity contribution is 7.89. The summed E-state index contributed by atoms with van der Waals surface area (Å²) in [5.74, 6) is -0.834. The molecule has 0 aliphatic rings. The molecular weight excluding hydrogens is 295 g/mol. The van der Waals surface area contributed by atoms with E-state index in [2.05, 4.69) is 10.1 Å². The van der Waals surface area contributed by atoms with Gasteiger partial charge in [0, 0.05) is 11.0 Å². The molecule has 7 heteroatoms. The first-order valence-electron chi connectivity index (χ1n) is 6.44. The van der Waals surface area contributed by atoms with Crippen LogP contribution in [0.3, 0.4) is 0 Å². The average molecular weight is 312 g/mol. The summed E-state index contributed by atoms with van der Waals surface area (Å²) in [6.07, 6.45) is 0. The van der Waals surface area contributed by atoms with Crippen LogP contribution in [0, 0.1) is 5.82 Å². The van der Waals surface area contributed by atoms with E-state index in [-0.39, 0.29) is 28.3 Å². The number of rotatable bonds is 4. The monoisotopic (exact) mass is 312 g/mol. The van der Waals surface area contributed by atoms with E-state index < -0.39 is 15.7 Å². The van der Waals surface area contributed by atoms with Crippen LogP contribution in [-0.4, -0.2) is 18.6 Å². The van der Waals surface area contributed by atoms with E-state index in [0.29, 0.717) is 5.89 Å². The normalized spacial score (nSPS) is 12.6. The van der Waals surface area contributed by atoms with E-state index in [0.717, 1.165) is 0 Å². The van der Waals surface area contributed by atoms with Crippen molar-refractivity contribution >= 4 is 9.84 Å². The Kier molecular flexibility index (Phi) is 4.13. The highest BCUT2D eigenvalue weighted by Gasteiger charge is 2.24. The Morgan fingerprint density at radius 1 is 1.19 bits per heavy atom. The number of hydrogen-bond acceptors (Lipinski definition) is 5. The van der Waals surface area contributed by atoms with Crippen molar-refractivity contribution in [2.45, 2.75) is 37.7 Å². The quantitative estimate of drug-likeness (QED) is 0.867. The Morgan fingerprint density at radius 3 is 2.43 bits per heavy atom. The van der Waals surface area contributed by atoms with Crippen LogP contribution < -0.4 is 0 Å². The molecule has 0 aliphatic carbocycles. The summed E-state index contributed by atoms with van der Waals surface area (Å²) in [6.45, 7) is 5.66. The molecule has 2 aromatic rings. The summed E-state index contributed by atoms with van der Waals surface area (Å²) in [5, 5.41) is 3.67. The SMILES string of the molecule is CC(C)(C)c1nc(CS(=O)(=O)Cc2ccccc2F)no1. The van der Waals surface area contributed by atoms with Gasteiger partial charge in [-0.15, -0.1) is 0 Å². The average Bonchev–Trinajstić information content (AvgIpc) is 2.79. The van der Waals surface area contributed by atoms with E-state index in [1.165, 1.54) is 18.2 Å². The third-order valence-corrected chi connectivity index (χ3v) is 4.24. The van der Waals surface area contributed by atoms with Gasteiger partial charge in [-0.05, 0) is 6.07 Å². The molecule has 0 saturated carbocycles. The molecule has 5 nitrogen and oxygen atoms in total. The lowest BCUT2D eigenvalue weighted by Crippen LogP contribution is -2.13. The predicted molar refractivity (Wildman–Crippen MR) is 75.7 cm³/mol. The zero-order valence-corrected chi connectivity index (χ0v) is 12.9. The smallest absolute Gasteiger partial charge is 0.232 e. The molecule has 1 aromatic heterocycles. The van der Waals surface area contributed by atoms with Crippen LogP contribution in [0.2, 0.25) is 0 Å². The summed E-state index contributed by atoms with van der Waals surface area (Å²) in [5.41, 5.74) is -0.211. The van der Waals surface area contributed by atoms with Gasteiger partial charge in [-0.1, -0.05) is 44.1 Å². The number of hydrogen-bond donors (Lipinski definition) is 0. The molecule has 0 saturated heterocycles. The molecule has 0 aliphatic heterocycles. The summed E-state index contributed by atoms with van der Waals surface area (Å²) in [7, 11) is -3.57. The first-order chi connectivity index (χ1) is 9.67. The molecule has 2 rings (SSSR count). The van der Waals surface area contributed by atoms with Crippen molar-refractivity contribution < 1.29 is 17.3 Å². The minimum atomic E-state index is -3.57. The maximum Gasteiger partial charge on any atom is 0.232 e. The Morgan fingerprint density at radius 2 is 1.86 bits per heavy atom. The summed E-state index contributed by atoms with van der Waals surface area (Å²) in [6, 6.07) is 5.79. The fourth-order valence-electron chi connectivity index (χ4n) is 1.72. The van der Waals surface area contributed by atoms with Crippen LogP contribution in [0.5, 0.6) is 0 Å². The minimum absolute atomic E-state index is 0.0938. The van der Waals surface area contributed by atoms with Gasteiger partial charge in [-0.2, -0.15) is 4.98 Å². The van der Waals surface area contributed by atoms with Crippen molar-refractivity contribution in [3.63, 3.8) is 0 Å². The van der Waals surface area contributed by atoms with E-state index >= 15 is 0 Å². The fraction of sp³-hybridized carbons (Fsp3) is 0.429. The van der Waals surface area contributed by atoms with E-state index in [9.17, 15) is 12.8 Å². The first-order valence-corrected chi connectivity index (χ1v) is 8.26. The van der Waals surface area contributed by atoms with Gasteiger partial charge < -0.3 is 4.52 Å². The van der Waals surface area contributed by atoms with Gasteiger partial charge in [0.2, 0.25) is 5.89 Å². The molecule has 114 valence electrons. The third kappa shape index (κ3) is 4.10. The number of aromatic nitrogens is 2. The van der Waals surface area contributed by atoms with Gasteiger partial charge in [0.05, 0.1) is 5.75 Å². The summed E-state index contributed by atoms with van der Waals surface area (Å²) in [4.78, 5) is 4.08. The molecule has 1 aromatic carbocycles. The third-order valence-electron chi connectivity index (χ3n) is 2.79. The summed E-state index contributed by atoms with van der Waals surface area (Å²) < 4.78 is 42.7. The van der Waals surface area contributed by atoms with Gasteiger partial charge in [0.25, 0.3) is 0 Å². The second-order valence-electron chi connectivity index (χ2n) is 5.89. The van der Waals surface area contributed by atoms with Crippen molar-refractivity contribution in [2.75, 3.05) is 0 Å². The van der Waals surface area contributed by atoms with Crippen LogP contribution in [-0.2, 0) is 26.8 Å². The van der Waals surface area contributed by atoms with Crippen molar-refractivity contribution in [1.82, 2.24) is 10.1 Å². The lowest BCUT2D eigenvalue weighted by molar-refractivity contribution is 0.319. The maximum absolute atomic E-state index is 13.5. The molecule has 0 amide bonds. The van der Waals surface area contributed by atoms with Crippen molar-refractivity contribution in [3.05, 3.63) is 47.4 Å². The zero-order valence-electron chi connectivity index (χ0n) is 12.1. The number of nitrogens with zero attached hydrogens (tertiary/aromatic N) is 2. The van der Waals surface area contributed by atoms with Crippen LogP contribution in [0.4, 0.5) is 4.39 Å². The minimum Gasteiger partial charge on any atom is -0.339 e. The molecule has 0 radical (unpaired) electrons. The Labute approximate surface area is 123 Å². The Bertz CT molecular complexity index is 733. The van der Waals surface area contributed by atoms with Gasteiger partial charge >= 0.3 is 0 Å². The van der Waals surface area contributed by atoms with Crippen LogP contribution in [0.25, 0.3) is 0 Å². The first kappa shape index (κ1) is 15.6. The topological polar surface area (TPSA) is 73.1 Å². The predicted octanol–water partition coefficient (Wildman–Crippen LogP) is 2.62. The van der Waals surface area contributed by atoms with Gasteiger partial charge in [0.15, 0.2) is 15.7 Å². The Hall–Kier alpha value is -1.76. The molecule has 0 unspecified atom stereocenters. The van der Waals surface area contributed by atoms with E-state index in [4.69, 9.17) is 4.52 Å². The zero-order chi connectivity index (χ0) is 15.7. The second kappa shape index (κ2) is 5.55. The summed E-state index contributed by atoms with van der Waals surface area (Å²) >= 11 is 0. The molecule has 0 atom stereocenters. The highest BCUT2D eigenvalue weighted by Crippen LogP contribution is 2.21. The largest absolute Gasteiger partial charge is 0.339 e. The van der Waals surface area contributed by atoms with Crippen LogP contribution >= 0.6 is 0 Å². The van der Waals surface area contributed by atoms with Gasteiger partial charge in [-0.3, -0.25) is 0 Å². The van der Waals surface area contributed by atoms with Crippen LogP contribution in [0.15, 0.2) is 28.8 Å². The van der Waals surface area contributed by atoms with Crippen molar-refractivity contribution in [1.29, 1.82) is 0 Å². The number of halogens is 1. The Balaban J connectivity index is 2.15. The second-order valence-corrected chi connectivity index (χ2v) is 7.95. The van der Waals surface area contributed by atoms with E-state index in [1.54, 1.807) is 6.07 Å². The van der Waals surface area contributed by atoms with Crippen molar-refractivity contribution in [3.8, 4) is 0 Å².